The normalized spacial score (nSPS) is 13.2. The molecule has 1 atom stereocenters. The third-order valence-electron chi connectivity index (χ3n) is 4.17. The minimum Gasteiger partial charge on any atom is -0.324 e. The number of benzene rings is 1. The molecule has 0 aliphatic heterocycles. The fraction of sp³-hybridized carbons (Fsp3) is 0.647. The summed E-state index contributed by atoms with van der Waals surface area (Å²) in [6.45, 7) is 10.1. The number of hydrogen-bond donors (Lipinski definition) is 1. The maximum atomic E-state index is 6.27. The van der Waals surface area contributed by atoms with Crippen molar-refractivity contribution in [1.82, 2.24) is 4.90 Å². The Hall–Kier alpha value is -0.570. The summed E-state index contributed by atoms with van der Waals surface area (Å²) in [6.07, 6.45) is 3.52. The van der Waals surface area contributed by atoms with Crippen molar-refractivity contribution in [3.05, 3.63) is 34.9 Å². The van der Waals surface area contributed by atoms with Crippen molar-refractivity contribution in [2.24, 2.45) is 11.7 Å². The fourth-order valence-electron chi connectivity index (χ4n) is 2.49. The van der Waals surface area contributed by atoms with E-state index in [0.717, 1.165) is 30.5 Å². The standard InChI is InChI=1S/C17H29ClN2/c1-4-14(5-2)13-20(6-3)12-11-17(19)15-7-9-16(18)10-8-15/h7-10,14,17H,4-6,11-13,19H2,1-3H3. The first-order chi connectivity index (χ1) is 9.60. The Morgan fingerprint density at radius 3 is 2.20 bits per heavy atom. The van der Waals surface area contributed by atoms with Crippen LogP contribution in [-0.2, 0) is 0 Å². The molecule has 2 N–H and O–H groups in total. The van der Waals surface area contributed by atoms with Crippen molar-refractivity contribution in [2.45, 2.75) is 46.1 Å². The highest BCUT2D eigenvalue weighted by Crippen LogP contribution is 2.18. The molecule has 1 rings (SSSR count). The molecule has 0 aromatic heterocycles. The predicted molar refractivity (Wildman–Crippen MR) is 89.2 cm³/mol. The van der Waals surface area contributed by atoms with Gasteiger partial charge in [-0.1, -0.05) is 57.3 Å². The third-order valence-corrected chi connectivity index (χ3v) is 4.42. The molecule has 1 unspecified atom stereocenters. The highest BCUT2D eigenvalue weighted by atomic mass is 35.5. The van der Waals surface area contributed by atoms with E-state index < -0.39 is 0 Å². The lowest BCUT2D eigenvalue weighted by Crippen LogP contribution is -2.31. The van der Waals surface area contributed by atoms with Crippen LogP contribution in [-0.4, -0.2) is 24.5 Å². The maximum absolute atomic E-state index is 6.27. The summed E-state index contributed by atoms with van der Waals surface area (Å²) in [5, 5.41) is 0.768. The van der Waals surface area contributed by atoms with Crippen LogP contribution in [0.25, 0.3) is 0 Å². The highest BCUT2D eigenvalue weighted by Gasteiger charge is 2.12. The van der Waals surface area contributed by atoms with Crippen molar-refractivity contribution < 1.29 is 0 Å². The van der Waals surface area contributed by atoms with Gasteiger partial charge in [0, 0.05) is 17.6 Å². The van der Waals surface area contributed by atoms with Gasteiger partial charge < -0.3 is 10.6 Å². The second kappa shape index (κ2) is 9.38. The van der Waals surface area contributed by atoms with Gasteiger partial charge in [-0.25, -0.2) is 0 Å². The van der Waals surface area contributed by atoms with E-state index in [4.69, 9.17) is 17.3 Å². The third kappa shape index (κ3) is 5.82. The van der Waals surface area contributed by atoms with E-state index in [1.807, 2.05) is 24.3 Å². The SMILES string of the molecule is CCC(CC)CN(CC)CCC(N)c1ccc(Cl)cc1. The molecular weight excluding hydrogens is 268 g/mol. The lowest BCUT2D eigenvalue weighted by atomic mass is 10.0. The van der Waals surface area contributed by atoms with E-state index in [1.54, 1.807) is 0 Å². The topological polar surface area (TPSA) is 29.3 Å². The van der Waals surface area contributed by atoms with Crippen LogP contribution in [0.15, 0.2) is 24.3 Å². The lowest BCUT2D eigenvalue weighted by molar-refractivity contribution is 0.226. The Morgan fingerprint density at radius 1 is 1.10 bits per heavy atom. The summed E-state index contributed by atoms with van der Waals surface area (Å²) >= 11 is 5.91. The molecule has 114 valence electrons. The zero-order valence-corrected chi connectivity index (χ0v) is 13.9. The van der Waals surface area contributed by atoms with Gasteiger partial charge in [0.2, 0.25) is 0 Å². The van der Waals surface area contributed by atoms with Gasteiger partial charge in [0.25, 0.3) is 0 Å². The molecule has 0 aliphatic rings. The summed E-state index contributed by atoms with van der Waals surface area (Å²) in [4.78, 5) is 2.52. The molecule has 0 spiro atoms. The fourth-order valence-corrected chi connectivity index (χ4v) is 2.61. The molecule has 2 nitrogen and oxygen atoms in total. The van der Waals surface area contributed by atoms with Gasteiger partial charge in [-0.05, 0) is 43.1 Å². The smallest absolute Gasteiger partial charge is 0.0406 e. The Bertz CT molecular complexity index is 360. The van der Waals surface area contributed by atoms with Gasteiger partial charge in [-0.3, -0.25) is 0 Å². The van der Waals surface area contributed by atoms with Crippen molar-refractivity contribution in [1.29, 1.82) is 0 Å². The molecule has 1 aromatic carbocycles. The molecule has 20 heavy (non-hydrogen) atoms. The first-order valence-electron chi connectivity index (χ1n) is 7.84. The van der Waals surface area contributed by atoms with Crippen LogP contribution in [0.4, 0.5) is 0 Å². The molecule has 0 saturated heterocycles. The summed E-state index contributed by atoms with van der Waals surface area (Å²) in [6, 6.07) is 7.99. The number of hydrogen-bond acceptors (Lipinski definition) is 2. The summed E-state index contributed by atoms with van der Waals surface area (Å²) in [5.41, 5.74) is 7.45. The molecule has 0 fully saturated rings. The van der Waals surface area contributed by atoms with Crippen LogP contribution in [0.1, 0.15) is 51.6 Å². The first kappa shape index (κ1) is 17.5. The lowest BCUT2D eigenvalue weighted by Gasteiger charge is -2.26. The molecule has 0 bridgehead atoms. The monoisotopic (exact) mass is 296 g/mol. The minimum atomic E-state index is 0.100. The number of nitrogens with two attached hydrogens (primary N) is 1. The zero-order chi connectivity index (χ0) is 15.0. The first-order valence-corrected chi connectivity index (χ1v) is 8.21. The van der Waals surface area contributed by atoms with Crippen LogP contribution in [0.3, 0.4) is 0 Å². The average molecular weight is 297 g/mol. The molecule has 0 amide bonds. The zero-order valence-electron chi connectivity index (χ0n) is 13.1. The Balaban J connectivity index is 2.45. The second-order valence-corrected chi connectivity index (χ2v) is 5.96. The van der Waals surface area contributed by atoms with Crippen LogP contribution >= 0.6 is 11.6 Å². The maximum Gasteiger partial charge on any atom is 0.0406 e. The molecule has 0 aliphatic carbocycles. The van der Waals surface area contributed by atoms with Crippen LogP contribution in [0.2, 0.25) is 5.02 Å². The molecule has 1 aromatic rings. The van der Waals surface area contributed by atoms with Gasteiger partial charge in [0.05, 0.1) is 0 Å². The quantitative estimate of drug-likeness (QED) is 0.727. The molecule has 0 heterocycles. The Labute approximate surface area is 129 Å². The van der Waals surface area contributed by atoms with E-state index in [9.17, 15) is 0 Å². The van der Waals surface area contributed by atoms with Crippen LogP contribution in [0, 0.1) is 5.92 Å². The van der Waals surface area contributed by atoms with E-state index in [1.165, 1.54) is 24.9 Å². The Kier molecular flexibility index (Phi) is 8.20. The van der Waals surface area contributed by atoms with Crippen LogP contribution in [0.5, 0.6) is 0 Å². The second-order valence-electron chi connectivity index (χ2n) is 5.52. The number of nitrogens with zero attached hydrogens (tertiary/aromatic N) is 1. The minimum absolute atomic E-state index is 0.100. The van der Waals surface area contributed by atoms with Gasteiger partial charge in [-0.15, -0.1) is 0 Å². The summed E-state index contributed by atoms with van der Waals surface area (Å²) in [5.74, 6) is 0.807. The van der Waals surface area contributed by atoms with E-state index in [2.05, 4.69) is 25.7 Å². The largest absolute Gasteiger partial charge is 0.324 e. The van der Waals surface area contributed by atoms with Crippen molar-refractivity contribution >= 4 is 11.6 Å². The molecule has 0 radical (unpaired) electrons. The summed E-state index contributed by atoms with van der Waals surface area (Å²) in [7, 11) is 0. The van der Waals surface area contributed by atoms with Crippen LogP contribution < -0.4 is 5.73 Å². The van der Waals surface area contributed by atoms with Gasteiger partial charge in [-0.2, -0.15) is 0 Å². The molecule has 0 saturated carbocycles. The van der Waals surface area contributed by atoms with E-state index in [-0.39, 0.29) is 6.04 Å². The number of halogens is 1. The van der Waals surface area contributed by atoms with Crippen molar-refractivity contribution in [3.63, 3.8) is 0 Å². The molecule has 3 heteroatoms. The Morgan fingerprint density at radius 2 is 1.70 bits per heavy atom. The van der Waals surface area contributed by atoms with Gasteiger partial charge >= 0.3 is 0 Å². The van der Waals surface area contributed by atoms with Crippen molar-refractivity contribution in [3.8, 4) is 0 Å². The predicted octanol–water partition coefficient (Wildman–Crippen LogP) is 4.49. The van der Waals surface area contributed by atoms with Gasteiger partial charge in [0.1, 0.15) is 0 Å². The average Bonchev–Trinajstić information content (AvgIpc) is 2.48. The van der Waals surface area contributed by atoms with Crippen molar-refractivity contribution in [2.75, 3.05) is 19.6 Å². The van der Waals surface area contributed by atoms with E-state index in [0.29, 0.717) is 0 Å². The highest BCUT2D eigenvalue weighted by molar-refractivity contribution is 6.30. The summed E-state index contributed by atoms with van der Waals surface area (Å²) < 4.78 is 0. The van der Waals surface area contributed by atoms with Gasteiger partial charge in [0.15, 0.2) is 0 Å². The van der Waals surface area contributed by atoms with E-state index >= 15 is 0 Å². The number of rotatable bonds is 9. The molecular formula is C17H29ClN2.